The molecule has 1 rings (SSSR count). The minimum atomic E-state index is -0.820. The molecular weight excluding hydrogens is 254 g/mol. The van der Waals surface area contributed by atoms with Gasteiger partial charge in [0, 0.05) is 12.1 Å². The van der Waals surface area contributed by atoms with E-state index in [9.17, 15) is 18.4 Å². The molecule has 17 heavy (non-hydrogen) atoms. The van der Waals surface area contributed by atoms with Gasteiger partial charge < -0.3 is 5.32 Å². The Balaban J connectivity index is 2.53. The number of alkyl halides is 1. The van der Waals surface area contributed by atoms with Crippen molar-refractivity contribution in [2.24, 2.45) is 0 Å². The highest BCUT2D eigenvalue weighted by Gasteiger charge is 2.08. The summed E-state index contributed by atoms with van der Waals surface area (Å²) in [6, 6.07) is 2.06. The van der Waals surface area contributed by atoms with Crippen molar-refractivity contribution < 1.29 is 18.4 Å². The number of halogens is 3. The first kappa shape index (κ1) is 13.4. The summed E-state index contributed by atoms with van der Waals surface area (Å²) in [5.74, 6) is -2.29. The van der Waals surface area contributed by atoms with Gasteiger partial charge in [0.2, 0.25) is 5.91 Å². The van der Waals surface area contributed by atoms with E-state index in [0.29, 0.717) is 0 Å². The molecule has 2 N–H and O–H groups in total. The highest BCUT2D eigenvalue weighted by Crippen LogP contribution is 2.08. The lowest BCUT2D eigenvalue weighted by molar-refractivity contribution is -0.117. The van der Waals surface area contributed by atoms with Gasteiger partial charge in [0.15, 0.2) is 0 Å². The topological polar surface area (TPSA) is 58.2 Å². The highest BCUT2D eigenvalue weighted by atomic mass is 35.5. The van der Waals surface area contributed by atoms with E-state index in [0.717, 1.165) is 18.2 Å². The van der Waals surface area contributed by atoms with Gasteiger partial charge in [-0.05, 0) is 18.2 Å². The van der Waals surface area contributed by atoms with Crippen molar-refractivity contribution in [2.45, 2.75) is 6.54 Å². The van der Waals surface area contributed by atoms with Crippen molar-refractivity contribution in [3.8, 4) is 0 Å². The second-order valence-corrected chi connectivity index (χ2v) is 3.37. The van der Waals surface area contributed by atoms with Crippen LogP contribution in [0.4, 0.5) is 13.6 Å². The Morgan fingerprint density at radius 2 is 2.00 bits per heavy atom. The van der Waals surface area contributed by atoms with E-state index in [-0.39, 0.29) is 18.0 Å². The first-order valence-corrected chi connectivity index (χ1v) is 5.14. The largest absolute Gasteiger partial charge is 0.334 e. The third kappa shape index (κ3) is 4.36. The maximum absolute atomic E-state index is 13.1. The Morgan fingerprint density at radius 1 is 1.29 bits per heavy atom. The smallest absolute Gasteiger partial charge is 0.321 e. The van der Waals surface area contributed by atoms with Gasteiger partial charge in [0.1, 0.15) is 17.5 Å². The maximum Gasteiger partial charge on any atom is 0.321 e. The monoisotopic (exact) mass is 262 g/mol. The van der Waals surface area contributed by atoms with E-state index in [1.807, 2.05) is 5.32 Å². The number of amides is 3. The van der Waals surface area contributed by atoms with Crippen LogP contribution in [-0.2, 0) is 11.3 Å². The van der Waals surface area contributed by atoms with Gasteiger partial charge in [0.05, 0.1) is 0 Å². The number of rotatable bonds is 3. The quantitative estimate of drug-likeness (QED) is 0.812. The average molecular weight is 263 g/mol. The van der Waals surface area contributed by atoms with Crippen molar-refractivity contribution in [2.75, 3.05) is 5.88 Å². The summed E-state index contributed by atoms with van der Waals surface area (Å²) in [5.41, 5.74) is -0.0153. The van der Waals surface area contributed by atoms with E-state index in [2.05, 4.69) is 5.32 Å². The van der Waals surface area contributed by atoms with Crippen molar-refractivity contribution in [1.29, 1.82) is 0 Å². The molecule has 0 aliphatic carbocycles. The SMILES string of the molecule is O=C(CCl)NC(=O)NCc1cc(F)ccc1F. The van der Waals surface area contributed by atoms with E-state index in [4.69, 9.17) is 11.6 Å². The number of urea groups is 1. The predicted molar refractivity (Wildman–Crippen MR) is 57.5 cm³/mol. The van der Waals surface area contributed by atoms with Crippen molar-refractivity contribution in [3.63, 3.8) is 0 Å². The number of carbonyl (C=O) groups excluding carboxylic acids is 2. The second-order valence-electron chi connectivity index (χ2n) is 3.10. The molecule has 0 radical (unpaired) electrons. The second kappa shape index (κ2) is 6.15. The zero-order valence-corrected chi connectivity index (χ0v) is 9.35. The van der Waals surface area contributed by atoms with Gasteiger partial charge in [-0.15, -0.1) is 11.6 Å². The van der Waals surface area contributed by atoms with Crippen molar-refractivity contribution >= 4 is 23.5 Å². The first-order valence-electron chi connectivity index (χ1n) is 4.60. The molecule has 92 valence electrons. The molecular formula is C10H9ClF2N2O2. The fourth-order valence-electron chi connectivity index (χ4n) is 1.06. The summed E-state index contributed by atoms with van der Waals surface area (Å²) in [7, 11) is 0. The number of imide groups is 1. The fourth-order valence-corrected chi connectivity index (χ4v) is 1.13. The molecule has 0 aromatic heterocycles. The Hall–Kier alpha value is -1.69. The summed E-state index contributed by atoms with van der Waals surface area (Å²) in [6.07, 6.45) is 0. The van der Waals surface area contributed by atoms with Gasteiger partial charge in [-0.2, -0.15) is 0 Å². The molecule has 4 nitrogen and oxygen atoms in total. The fraction of sp³-hybridized carbons (Fsp3) is 0.200. The molecule has 0 unspecified atom stereocenters. The Bertz CT molecular complexity index is 440. The lowest BCUT2D eigenvalue weighted by Gasteiger charge is -2.06. The molecule has 0 saturated heterocycles. The van der Waals surface area contributed by atoms with Crippen LogP contribution < -0.4 is 10.6 Å². The molecule has 0 heterocycles. The third-order valence-corrected chi connectivity index (χ3v) is 2.06. The lowest BCUT2D eigenvalue weighted by atomic mass is 10.2. The van der Waals surface area contributed by atoms with Crippen LogP contribution in [0.15, 0.2) is 18.2 Å². The normalized spacial score (nSPS) is 9.82. The molecule has 0 atom stereocenters. The Labute approximate surface area is 101 Å². The zero-order chi connectivity index (χ0) is 12.8. The third-order valence-electron chi connectivity index (χ3n) is 1.82. The average Bonchev–Trinajstić information content (AvgIpc) is 2.30. The van der Waals surface area contributed by atoms with Crippen molar-refractivity contribution in [3.05, 3.63) is 35.4 Å². The molecule has 7 heteroatoms. The molecule has 1 aromatic rings. The number of nitrogens with one attached hydrogen (secondary N) is 2. The van der Waals surface area contributed by atoms with E-state index < -0.39 is 23.6 Å². The van der Waals surface area contributed by atoms with Crippen LogP contribution in [-0.4, -0.2) is 17.8 Å². The van der Waals surface area contributed by atoms with Crippen LogP contribution in [0.25, 0.3) is 0 Å². The van der Waals surface area contributed by atoms with Crippen LogP contribution in [0.3, 0.4) is 0 Å². The van der Waals surface area contributed by atoms with Crippen LogP contribution >= 0.6 is 11.6 Å². The standard InChI is InChI=1S/C10H9ClF2N2O2/c11-4-9(16)15-10(17)14-5-6-3-7(12)1-2-8(6)13/h1-3H,4-5H2,(H2,14,15,16,17). The summed E-state index contributed by atoms with van der Waals surface area (Å²) in [5, 5.41) is 4.09. The van der Waals surface area contributed by atoms with Gasteiger partial charge in [0.25, 0.3) is 0 Å². The molecule has 0 aliphatic heterocycles. The molecule has 0 saturated carbocycles. The van der Waals surface area contributed by atoms with E-state index in [1.165, 1.54) is 0 Å². The number of carbonyl (C=O) groups is 2. The zero-order valence-electron chi connectivity index (χ0n) is 8.60. The molecule has 3 amide bonds. The highest BCUT2D eigenvalue weighted by molar-refractivity contribution is 6.28. The Kier molecular flexibility index (Phi) is 4.84. The summed E-state index contributed by atoms with van der Waals surface area (Å²) >= 11 is 5.16. The lowest BCUT2D eigenvalue weighted by Crippen LogP contribution is -2.39. The van der Waals surface area contributed by atoms with Crippen LogP contribution in [0.1, 0.15) is 5.56 Å². The molecule has 1 aromatic carbocycles. The minimum Gasteiger partial charge on any atom is -0.334 e. The molecule has 0 spiro atoms. The van der Waals surface area contributed by atoms with Gasteiger partial charge in [-0.1, -0.05) is 0 Å². The van der Waals surface area contributed by atoms with Crippen molar-refractivity contribution in [1.82, 2.24) is 10.6 Å². The number of hydrogen-bond acceptors (Lipinski definition) is 2. The minimum absolute atomic E-state index is 0.0153. The maximum atomic E-state index is 13.1. The van der Waals surface area contributed by atoms with E-state index >= 15 is 0 Å². The Morgan fingerprint density at radius 3 is 2.65 bits per heavy atom. The first-order chi connectivity index (χ1) is 8.02. The van der Waals surface area contributed by atoms with Crippen LogP contribution in [0.2, 0.25) is 0 Å². The number of benzene rings is 1. The molecule has 0 fully saturated rings. The van der Waals surface area contributed by atoms with E-state index in [1.54, 1.807) is 0 Å². The summed E-state index contributed by atoms with van der Waals surface area (Å²) < 4.78 is 25.9. The molecule has 0 aliphatic rings. The van der Waals surface area contributed by atoms with Gasteiger partial charge in [-0.3, -0.25) is 10.1 Å². The predicted octanol–water partition coefficient (Wildman–Crippen LogP) is 1.53. The number of hydrogen-bond donors (Lipinski definition) is 2. The van der Waals surface area contributed by atoms with Crippen LogP contribution in [0.5, 0.6) is 0 Å². The van der Waals surface area contributed by atoms with Gasteiger partial charge >= 0.3 is 6.03 Å². The summed E-state index contributed by atoms with van der Waals surface area (Å²) in [4.78, 5) is 21.8. The van der Waals surface area contributed by atoms with Gasteiger partial charge in [-0.25, -0.2) is 13.6 Å². The molecule has 0 bridgehead atoms. The summed E-state index contributed by atoms with van der Waals surface area (Å²) in [6.45, 7) is -0.231. The van der Waals surface area contributed by atoms with Crippen LogP contribution in [0, 0.1) is 11.6 Å².